The number of urea groups is 1. The van der Waals surface area contributed by atoms with Gasteiger partial charge in [0.25, 0.3) is 0 Å². The van der Waals surface area contributed by atoms with E-state index in [0.717, 1.165) is 0 Å². The summed E-state index contributed by atoms with van der Waals surface area (Å²) in [6.45, 7) is 3.84. The monoisotopic (exact) mass is 318 g/mol. The first kappa shape index (κ1) is 16.6. The number of nitrogens with one attached hydrogen (secondary N) is 1. The Labute approximate surface area is 127 Å². The summed E-state index contributed by atoms with van der Waals surface area (Å²) in [6, 6.07) is 3.90. The molecule has 0 aromatic heterocycles. The number of anilines is 1. The fourth-order valence-corrected chi connectivity index (χ4v) is 2.14. The van der Waals surface area contributed by atoms with E-state index in [1.165, 1.54) is 11.0 Å². The Morgan fingerprint density at radius 2 is 2.05 bits per heavy atom. The minimum Gasteiger partial charge on any atom is -0.481 e. The first-order valence-electron chi connectivity index (χ1n) is 6.09. The highest BCUT2D eigenvalue weighted by atomic mass is 35.5. The van der Waals surface area contributed by atoms with Crippen molar-refractivity contribution >= 4 is 40.9 Å². The molecule has 1 rings (SSSR count). The normalized spacial score (nSPS) is 11.8. The van der Waals surface area contributed by atoms with Crippen LogP contribution in [0.2, 0.25) is 10.0 Å². The molecule has 0 bridgehead atoms. The van der Waals surface area contributed by atoms with Crippen molar-refractivity contribution in [1.29, 1.82) is 0 Å². The second-order valence-electron chi connectivity index (χ2n) is 4.29. The highest BCUT2D eigenvalue weighted by Crippen LogP contribution is 2.25. The van der Waals surface area contributed by atoms with E-state index in [4.69, 9.17) is 28.3 Å². The molecule has 110 valence electrons. The van der Waals surface area contributed by atoms with Gasteiger partial charge >= 0.3 is 12.0 Å². The average molecular weight is 319 g/mol. The van der Waals surface area contributed by atoms with Crippen LogP contribution >= 0.6 is 23.2 Å². The van der Waals surface area contributed by atoms with E-state index in [0.29, 0.717) is 22.3 Å². The predicted octanol–water partition coefficient (Wildman–Crippen LogP) is 3.71. The van der Waals surface area contributed by atoms with Gasteiger partial charge in [-0.2, -0.15) is 0 Å². The lowest BCUT2D eigenvalue weighted by atomic mass is 10.2. The van der Waals surface area contributed by atoms with Crippen LogP contribution in [0.15, 0.2) is 18.2 Å². The number of rotatable bonds is 5. The molecule has 0 aliphatic heterocycles. The third kappa shape index (κ3) is 4.58. The number of amides is 2. The molecule has 2 amide bonds. The maximum atomic E-state index is 12.2. The van der Waals surface area contributed by atoms with Gasteiger partial charge in [-0.1, -0.05) is 23.2 Å². The lowest BCUT2D eigenvalue weighted by Gasteiger charge is -2.27. The summed E-state index contributed by atoms with van der Waals surface area (Å²) in [5.41, 5.74) is 0.394. The van der Waals surface area contributed by atoms with Crippen LogP contribution in [0.1, 0.15) is 20.3 Å². The Bertz CT molecular complexity index is 508. The molecule has 1 unspecified atom stereocenters. The Hall–Kier alpha value is -1.46. The molecule has 0 radical (unpaired) electrons. The topological polar surface area (TPSA) is 69.6 Å². The lowest BCUT2D eigenvalue weighted by molar-refractivity contribution is -0.137. The van der Waals surface area contributed by atoms with E-state index in [1.807, 2.05) is 0 Å². The number of carbonyl (C=O) groups excluding carboxylic acids is 1. The quantitative estimate of drug-likeness (QED) is 0.869. The highest BCUT2D eigenvalue weighted by Gasteiger charge is 2.21. The molecule has 0 heterocycles. The SMILES string of the molecule is CCN(C(=O)Nc1cc(Cl)ccc1Cl)C(C)CC(=O)O. The van der Waals surface area contributed by atoms with Gasteiger partial charge in [0.1, 0.15) is 0 Å². The number of aliphatic carboxylic acids is 1. The second-order valence-corrected chi connectivity index (χ2v) is 5.13. The van der Waals surface area contributed by atoms with Gasteiger partial charge in [-0.15, -0.1) is 0 Å². The Morgan fingerprint density at radius 1 is 1.40 bits per heavy atom. The molecule has 1 aromatic carbocycles. The van der Waals surface area contributed by atoms with Crippen molar-refractivity contribution in [2.45, 2.75) is 26.3 Å². The molecule has 7 heteroatoms. The van der Waals surface area contributed by atoms with Crippen molar-refractivity contribution in [1.82, 2.24) is 4.90 Å². The molecule has 5 nitrogen and oxygen atoms in total. The van der Waals surface area contributed by atoms with Crippen molar-refractivity contribution in [3.8, 4) is 0 Å². The Kier molecular flexibility index (Phi) is 6.10. The second kappa shape index (κ2) is 7.36. The first-order valence-corrected chi connectivity index (χ1v) is 6.85. The number of nitrogens with zero attached hydrogens (tertiary/aromatic N) is 1. The lowest BCUT2D eigenvalue weighted by Crippen LogP contribution is -2.42. The zero-order valence-corrected chi connectivity index (χ0v) is 12.7. The maximum Gasteiger partial charge on any atom is 0.322 e. The molecule has 0 aliphatic rings. The first-order chi connectivity index (χ1) is 9.35. The van der Waals surface area contributed by atoms with E-state index >= 15 is 0 Å². The van der Waals surface area contributed by atoms with Gasteiger partial charge in [-0.05, 0) is 32.0 Å². The number of hydrogen-bond donors (Lipinski definition) is 2. The number of halogens is 2. The van der Waals surface area contributed by atoms with Crippen molar-refractivity contribution in [2.24, 2.45) is 0 Å². The van der Waals surface area contributed by atoms with E-state index in [9.17, 15) is 9.59 Å². The number of hydrogen-bond acceptors (Lipinski definition) is 2. The summed E-state index contributed by atoms with van der Waals surface area (Å²) in [4.78, 5) is 24.3. The molecule has 20 heavy (non-hydrogen) atoms. The van der Waals surface area contributed by atoms with Gasteiger partial charge in [0.2, 0.25) is 0 Å². The zero-order chi connectivity index (χ0) is 15.3. The van der Waals surface area contributed by atoms with Crippen LogP contribution < -0.4 is 5.32 Å². The summed E-state index contributed by atoms with van der Waals surface area (Å²) in [5, 5.41) is 12.2. The van der Waals surface area contributed by atoms with Crippen molar-refractivity contribution < 1.29 is 14.7 Å². The van der Waals surface area contributed by atoms with Gasteiger partial charge in [-0.25, -0.2) is 4.79 Å². The molecule has 0 spiro atoms. The largest absolute Gasteiger partial charge is 0.481 e. The van der Waals surface area contributed by atoms with Gasteiger partial charge in [0, 0.05) is 17.6 Å². The fourth-order valence-electron chi connectivity index (χ4n) is 1.80. The average Bonchev–Trinajstić information content (AvgIpc) is 2.33. The van der Waals surface area contributed by atoms with Gasteiger partial charge in [0.05, 0.1) is 17.1 Å². The zero-order valence-electron chi connectivity index (χ0n) is 11.2. The number of carboxylic acids is 1. The summed E-state index contributed by atoms with van der Waals surface area (Å²) >= 11 is 11.8. The Morgan fingerprint density at radius 3 is 2.60 bits per heavy atom. The van der Waals surface area contributed by atoms with Crippen LogP contribution in [0.4, 0.5) is 10.5 Å². The fraction of sp³-hybridized carbons (Fsp3) is 0.385. The number of carbonyl (C=O) groups is 2. The highest BCUT2D eigenvalue weighted by molar-refractivity contribution is 6.35. The minimum absolute atomic E-state index is 0.120. The van der Waals surface area contributed by atoms with E-state index in [-0.39, 0.29) is 6.42 Å². The molecule has 1 atom stereocenters. The maximum absolute atomic E-state index is 12.2. The van der Waals surface area contributed by atoms with E-state index in [2.05, 4.69) is 5.32 Å². The molecule has 1 aromatic rings. The number of carboxylic acid groups (broad SMARTS) is 1. The van der Waals surface area contributed by atoms with Gasteiger partial charge in [-0.3, -0.25) is 4.79 Å². The van der Waals surface area contributed by atoms with Gasteiger partial charge < -0.3 is 15.3 Å². The molecular weight excluding hydrogens is 303 g/mol. The van der Waals surface area contributed by atoms with Gasteiger partial charge in [0.15, 0.2) is 0 Å². The smallest absolute Gasteiger partial charge is 0.322 e. The number of benzene rings is 1. The van der Waals surface area contributed by atoms with Crippen LogP contribution in [0.3, 0.4) is 0 Å². The van der Waals surface area contributed by atoms with E-state index in [1.54, 1.807) is 26.0 Å². The van der Waals surface area contributed by atoms with Crippen LogP contribution in [-0.4, -0.2) is 34.6 Å². The van der Waals surface area contributed by atoms with Crippen molar-refractivity contribution in [3.05, 3.63) is 28.2 Å². The summed E-state index contributed by atoms with van der Waals surface area (Å²) in [5.74, 6) is -0.954. The summed E-state index contributed by atoms with van der Waals surface area (Å²) < 4.78 is 0. The Balaban J connectivity index is 2.82. The molecule has 0 saturated heterocycles. The predicted molar refractivity (Wildman–Crippen MR) is 79.6 cm³/mol. The third-order valence-corrected chi connectivity index (χ3v) is 3.34. The molecule has 0 saturated carbocycles. The molecule has 0 fully saturated rings. The van der Waals surface area contributed by atoms with E-state index < -0.39 is 18.0 Å². The summed E-state index contributed by atoms with van der Waals surface area (Å²) in [7, 11) is 0. The van der Waals surface area contributed by atoms with Crippen LogP contribution in [0.25, 0.3) is 0 Å². The molecule has 0 aliphatic carbocycles. The molecular formula is C13H16Cl2N2O3. The molecule has 2 N–H and O–H groups in total. The summed E-state index contributed by atoms with van der Waals surface area (Å²) in [6.07, 6.45) is -0.120. The van der Waals surface area contributed by atoms with Crippen molar-refractivity contribution in [2.75, 3.05) is 11.9 Å². The van der Waals surface area contributed by atoms with Crippen molar-refractivity contribution in [3.63, 3.8) is 0 Å². The standard InChI is InChI=1S/C13H16Cl2N2O3/c1-3-17(8(2)6-12(18)19)13(20)16-11-7-9(14)4-5-10(11)15/h4-5,7-8H,3,6H2,1-2H3,(H,16,20)(H,18,19). The third-order valence-electron chi connectivity index (χ3n) is 2.77. The van der Waals surface area contributed by atoms with Crippen LogP contribution in [0.5, 0.6) is 0 Å². The minimum atomic E-state index is -0.954. The van der Waals surface area contributed by atoms with Crippen LogP contribution in [0, 0.1) is 0 Å². The van der Waals surface area contributed by atoms with Crippen LogP contribution in [-0.2, 0) is 4.79 Å².